The Labute approximate surface area is 162 Å². The molecule has 0 N–H and O–H groups in total. The third-order valence-electron chi connectivity index (χ3n) is 5.43. The zero-order valence-corrected chi connectivity index (χ0v) is 15.5. The van der Waals surface area contributed by atoms with E-state index in [1.807, 2.05) is 18.2 Å². The van der Waals surface area contributed by atoms with Gasteiger partial charge in [-0.2, -0.15) is 0 Å². The van der Waals surface area contributed by atoms with Crippen LogP contribution in [0.3, 0.4) is 0 Å². The number of rotatable bonds is 4. The first-order valence-electron chi connectivity index (χ1n) is 9.55. The van der Waals surface area contributed by atoms with Gasteiger partial charge in [0.25, 0.3) is 0 Å². The molecule has 0 unspecified atom stereocenters. The molecule has 2 aromatic heterocycles. The first kappa shape index (κ1) is 17.1. The van der Waals surface area contributed by atoms with Gasteiger partial charge in [0.05, 0.1) is 22.9 Å². The molecule has 4 aromatic rings. The molecular formula is C21H21FN6. The number of nitrogens with zero attached hydrogens (tertiary/aromatic N) is 6. The predicted octanol–water partition coefficient (Wildman–Crippen LogP) is 2.94. The van der Waals surface area contributed by atoms with E-state index >= 15 is 0 Å². The van der Waals surface area contributed by atoms with Crippen LogP contribution in [0.25, 0.3) is 21.9 Å². The molecule has 7 heteroatoms. The van der Waals surface area contributed by atoms with Crippen LogP contribution in [0.2, 0.25) is 0 Å². The summed E-state index contributed by atoms with van der Waals surface area (Å²) < 4.78 is 15.4. The Morgan fingerprint density at radius 3 is 2.61 bits per heavy atom. The van der Waals surface area contributed by atoms with Crippen molar-refractivity contribution in [2.45, 2.75) is 6.54 Å². The summed E-state index contributed by atoms with van der Waals surface area (Å²) in [6, 6.07) is 12.9. The van der Waals surface area contributed by atoms with Crippen molar-refractivity contribution in [1.82, 2.24) is 24.4 Å². The molecule has 5 rings (SSSR count). The van der Waals surface area contributed by atoms with Crippen molar-refractivity contribution < 1.29 is 4.39 Å². The molecule has 0 amide bonds. The SMILES string of the molecule is Fc1ccc2c(c1)ncn2CCN1CCN(c2ncnc3ccccc23)CC1. The molecule has 1 aliphatic heterocycles. The van der Waals surface area contributed by atoms with Gasteiger partial charge >= 0.3 is 0 Å². The summed E-state index contributed by atoms with van der Waals surface area (Å²) in [5.41, 5.74) is 2.67. The number of hydrogen-bond acceptors (Lipinski definition) is 5. The van der Waals surface area contributed by atoms with Crippen LogP contribution in [-0.4, -0.2) is 57.1 Å². The Hall–Kier alpha value is -3.06. The fourth-order valence-electron chi connectivity index (χ4n) is 3.89. The Bertz CT molecular complexity index is 1110. The summed E-state index contributed by atoms with van der Waals surface area (Å²) in [5.74, 6) is 0.777. The van der Waals surface area contributed by atoms with E-state index in [4.69, 9.17) is 0 Å². The molecule has 1 fully saturated rings. The van der Waals surface area contributed by atoms with Crippen molar-refractivity contribution in [2.24, 2.45) is 0 Å². The standard InChI is InChI=1S/C21H21FN6/c22-16-5-6-20-19(13-16)25-15-28(20)12-9-26-7-10-27(11-8-26)21-17-3-1-2-4-18(17)23-14-24-21/h1-6,13-15H,7-12H2. The van der Waals surface area contributed by atoms with Gasteiger partial charge in [0.2, 0.25) is 0 Å². The highest BCUT2D eigenvalue weighted by Gasteiger charge is 2.19. The van der Waals surface area contributed by atoms with Crippen LogP contribution >= 0.6 is 0 Å². The third-order valence-corrected chi connectivity index (χ3v) is 5.43. The minimum Gasteiger partial charge on any atom is -0.353 e. The largest absolute Gasteiger partial charge is 0.353 e. The molecule has 6 nitrogen and oxygen atoms in total. The zero-order valence-electron chi connectivity index (χ0n) is 15.5. The lowest BCUT2D eigenvalue weighted by atomic mass is 10.2. The molecule has 3 heterocycles. The molecule has 0 atom stereocenters. The molecule has 0 bridgehead atoms. The molecule has 142 valence electrons. The lowest BCUT2D eigenvalue weighted by Crippen LogP contribution is -2.47. The first-order chi connectivity index (χ1) is 13.8. The number of anilines is 1. The number of hydrogen-bond donors (Lipinski definition) is 0. The topological polar surface area (TPSA) is 50.1 Å². The van der Waals surface area contributed by atoms with Crippen LogP contribution < -0.4 is 4.90 Å². The van der Waals surface area contributed by atoms with Crippen molar-refractivity contribution in [3.8, 4) is 0 Å². The fraction of sp³-hybridized carbons (Fsp3) is 0.286. The lowest BCUT2D eigenvalue weighted by molar-refractivity contribution is 0.249. The summed E-state index contributed by atoms with van der Waals surface area (Å²) in [6.45, 7) is 5.65. The molecule has 0 spiro atoms. The van der Waals surface area contributed by atoms with Crippen molar-refractivity contribution in [1.29, 1.82) is 0 Å². The molecular weight excluding hydrogens is 355 g/mol. The molecule has 0 saturated carbocycles. The van der Waals surface area contributed by atoms with Gasteiger partial charge in [0.15, 0.2) is 0 Å². The summed E-state index contributed by atoms with van der Waals surface area (Å²) in [6.07, 6.45) is 3.45. The Morgan fingerprint density at radius 2 is 1.71 bits per heavy atom. The monoisotopic (exact) mass is 376 g/mol. The van der Waals surface area contributed by atoms with Crippen molar-refractivity contribution in [3.63, 3.8) is 0 Å². The smallest absolute Gasteiger partial charge is 0.139 e. The minimum atomic E-state index is -0.244. The maximum Gasteiger partial charge on any atom is 0.139 e. The van der Waals surface area contributed by atoms with Crippen molar-refractivity contribution in [2.75, 3.05) is 37.6 Å². The van der Waals surface area contributed by atoms with E-state index in [9.17, 15) is 4.39 Å². The molecule has 28 heavy (non-hydrogen) atoms. The predicted molar refractivity (Wildman–Crippen MR) is 108 cm³/mol. The van der Waals surface area contributed by atoms with Gasteiger partial charge in [-0.15, -0.1) is 0 Å². The molecule has 0 aliphatic carbocycles. The van der Waals surface area contributed by atoms with Gasteiger partial charge in [-0.25, -0.2) is 19.3 Å². The Balaban J connectivity index is 1.23. The highest BCUT2D eigenvalue weighted by atomic mass is 19.1. The highest BCUT2D eigenvalue weighted by Crippen LogP contribution is 2.23. The lowest BCUT2D eigenvalue weighted by Gasteiger charge is -2.35. The molecule has 0 radical (unpaired) electrons. The molecule has 1 aliphatic rings. The van der Waals surface area contributed by atoms with Crippen LogP contribution in [-0.2, 0) is 6.54 Å². The summed E-state index contributed by atoms with van der Waals surface area (Å²) >= 11 is 0. The van der Waals surface area contributed by atoms with E-state index in [2.05, 4.69) is 35.4 Å². The quantitative estimate of drug-likeness (QED) is 0.548. The van der Waals surface area contributed by atoms with E-state index in [-0.39, 0.29) is 5.82 Å². The second-order valence-electron chi connectivity index (χ2n) is 7.11. The maximum absolute atomic E-state index is 13.3. The Morgan fingerprint density at radius 1 is 0.857 bits per heavy atom. The van der Waals surface area contributed by atoms with Crippen molar-refractivity contribution in [3.05, 3.63) is 60.9 Å². The van der Waals surface area contributed by atoms with Crippen molar-refractivity contribution >= 4 is 27.8 Å². The second kappa shape index (κ2) is 7.16. The number of halogens is 1. The van der Waals surface area contributed by atoms with E-state index in [1.54, 1.807) is 18.7 Å². The van der Waals surface area contributed by atoms with E-state index in [0.29, 0.717) is 5.52 Å². The summed E-state index contributed by atoms with van der Waals surface area (Å²) in [7, 11) is 0. The van der Waals surface area contributed by atoms with Gasteiger partial charge in [-0.05, 0) is 24.3 Å². The fourth-order valence-corrected chi connectivity index (χ4v) is 3.89. The highest BCUT2D eigenvalue weighted by molar-refractivity contribution is 5.89. The van der Waals surface area contributed by atoms with E-state index in [1.165, 1.54) is 12.1 Å². The zero-order chi connectivity index (χ0) is 18.9. The number of para-hydroxylation sites is 1. The van der Waals surface area contributed by atoms with Crippen LogP contribution in [0.1, 0.15) is 0 Å². The van der Waals surface area contributed by atoms with Crippen LogP contribution in [0, 0.1) is 5.82 Å². The maximum atomic E-state index is 13.3. The number of imidazole rings is 1. The number of aromatic nitrogens is 4. The van der Waals surface area contributed by atoms with Crippen LogP contribution in [0.5, 0.6) is 0 Å². The average Bonchev–Trinajstić information content (AvgIpc) is 3.14. The number of fused-ring (bicyclic) bond motifs is 2. The normalized spacial score (nSPS) is 15.5. The second-order valence-corrected chi connectivity index (χ2v) is 7.11. The molecule has 2 aromatic carbocycles. The molecule has 1 saturated heterocycles. The van der Waals surface area contributed by atoms with Crippen LogP contribution in [0.15, 0.2) is 55.1 Å². The summed E-state index contributed by atoms with van der Waals surface area (Å²) in [5, 5.41) is 1.11. The average molecular weight is 376 g/mol. The van der Waals surface area contributed by atoms with Gasteiger partial charge in [0.1, 0.15) is 18.0 Å². The summed E-state index contributed by atoms with van der Waals surface area (Å²) in [4.78, 5) is 18.0. The van der Waals surface area contributed by atoms with E-state index in [0.717, 1.165) is 61.5 Å². The number of benzene rings is 2. The first-order valence-corrected chi connectivity index (χ1v) is 9.55. The van der Waals surface area contributed by atoms with E-state index < -0.39 is 0 Å². The third kappa shape index (κ3) is 3.18. The van der Waals surface area contributed by atoms with Gasteiger partial charge in [0, 0.05) is 50.7 Å². The van der Waals surface area contributed by atoms with Gasteiger partial charge in [-0.1, -0.05) is 12.1 Å². The minimum absolute atomic E-state index is 0.244. The Kier molecular flexibility index (Phi) is 4.37. The van der Waals surface area contributed by atoms with Crippen LogP contribution in [0.4, 0.5) is 10.2 Å². The van der Waals surface area contributed by atoms with Gasteiger partial charge in [-0.3, -0.25) is 4.90 Å². The van der Waals surface area contributed by atoms with Gasteiger partial charge < -0.3 is 9.47 Å². The number of piperazine rings is 1.